The van der Waals surface area contributed by atoms with Crippen LogP contribution < -0.4 is 15.0 Å². The highest BCUT2D eigenvalue weighted by molar-refractivity contribution is 5.50. The SMILES string of the molecule is COc1cc(CNc2cc(N3CCCCC3CO)ncn2)ccc1C. The van der Waals surface area contributed by atoms with Crippen molar-refractivity contribution in [3.63, 3.8) is 0 Å². The highest BCUT2D eigenvalue weighted by Crippen LogP contribution is 2.24. The first kappa shape index (κ1) is 17.5. The summed E-state index contributed by atoms with van der Waals surface area (Å²) < 4.78 is 5.38. The number of nitrogens with zero attached hydrogens (tertiary/aromatic N) is 3. The molecule has 0 saturated carbocycles. The fraction of sp³-hybridized carbons (Fsp3) is 0.474. The molecule has 1 aromatic heterocycles. The Labute approximate surface area is 148 Å². The van der Waals surface area contributed by atoms with Crippen LogP contribution in [0.1, 0.15) is 30.4 Å². The number of nitrogens with one attached hydrogen (secondary N) is 1. The fourth-order valence-corrected chi connectivity index (χ4v) is 3.26. The number of hydrogen-bond acceptors (Lipinski definition) is 6. The molecule has 1 atom stereocenters. The maximum atomic E-state index is 9.60. The van der Waals surface area contributed by atoms with Gasteiger partial charge in [0.15, 0.2) is 0 Å². The molecule has 1 aliphatic heterocycles. The Morgan fingerprint density at radius 3 is 2.96 bits per heavy atom. The van der Waals surface area contributed by atoms with Gasteiger partial charge < -0.3 is 20.1 Å². The van der Waals surface area contributed by atoms with Crippen LogP contribution in [0.5, 0.6) is 5.75 Å². The van der Waals surface area contributed by atoms with Crippen LogP contribution >= 0.6 is 0 Å². The number of anilines is 2. The van der Waals surface area contributed by atoms with E-state index in [1.54, 1.807) is 13.4 Å². The number of aromatic nitrogens is 2. The molecule has 0 amide bonds. The number of aryl methyl sites for hydroxylation is 1. The lowest BCUT2D eigenvalue weighted by Crippen LogP contribution is -2.42. The summed E-state index contributed by atoms with van der Waals surface area (Å²) in [7, 11) is 1.69. The van der Waals surface area contributed by atoms with Crippen LogP contribution in [0.2, 0.25) is 0 Å². The van der Waals surface area contributed by atoms with Gasteiger partial charge in [0, 0.05) is 19.2 Å². The minimum atomic E-state index is 0.151. The summed E-state index contributed by atoms with van der Waals surface area (Å²) in [5, 5.41) is 13.0. The van der Waals surface area contributed by atoms with Crippen molar-refractivity contribution in [2.75, 3.05) is 30.5 Å². The van der Waals surface area contributed by atoms with Crippen molar-refractivity contribution in [3.05, 3.63) is 41.7 Å². The van der Waals surface area contributed by atoms with Gasteiger partial charge in [-0.1, -0.05) is 12.1 Å². The predicted molar refractivity (Wildman–Crippen MR) is 99.2 cm³/mol. The van der Waals surface area contributed by atoms with E-state index in [0.29, 0.717) is 6.54 Å². The van der Waals surface area contributed by atoms with Crippen LogP contribution in [0.15, 0.2) is 30.6 Å². The lowest BCUT2D eigenvalue weighted by atomic mass is 10.0. The maximum absolute atomic E-state index is 9.60. The first-order chi connectivity index (χ1) is 12.2. The molecule has 134 valence electrons. The highest BCUT2D eigenvalue weighted by atomic mass is 16.5. The molecular formula is C19H26N4O2. The van der Waals surface area contributed by atoms with Gasteiger partial charge in [-0.05, 0) is 43.4 Å². The summed E-state index contributed by atoms with van der Waals surface area (Å²) in [5.74, 6) is 2.55. The minimum absolute atomic E-state index is 0.151. The quantitative estimate of drug-likeness (QED) is 0.841. The second kappa shape index (κ2) is 8.16. The third-order valence-electron chi connectivity index (χ3n) is 4.73. The van der Waals surface area contributed by atoms with E-state index in [2.05, 4.69) is 32.3 Å². The zero-order valence-corrected chi connectivity index (χ0v) is 14.9. The second-order valence-corrected chi connectivity index (χ2v) is 6.44. The smallest absolute Gasteiger partial charge is 0.134 e. The Kier molecular flexibility index (Phi) is 5.71. The third-order valence-corrected chi connectivity index (χ3v) is 4.73. The van der Waals surface area contributed by atoms with Crippen molar-refractivity contribution >= 4 is 11.6 Å². The van der Waals surface area contributed by atoms with Crippen molar-refractivity contribution in [2.24, 2.45) is 0 Å². The summed E-state index contributed by atoms with van der Waals surface area (Å²) >= 11 is 0. The lowest BCUT2D eigenvalue weighted by molar-refractivity contribution is 0.239. The molecule has 25 heavy (non-hydrogen) atoms. The summed E-state index contributed by atoms with van der Waals surface area (Å²) in [6.07, 6.45) is 4.88. The first-order valence-corrected chi connectivity index (χ1v) is 8.78. The molecule has 1 fully saturated rings. The van der Waals surface area contributed by atoms with E-state index in [-0.39, 0.29) is 12.6 Å². The van der Waals surface area contributed by atoms with E-state index < -0.39 is 0 Å². The fourth-order valence-electron chi connectivity index (χ4n) is 3.26. The average molecular weight is 342 g/mol. The van der Waals surface area contributed by atoms with Crippen LogP contribution in [0.25, 0.3) is 0 Å². The van der Waals surface area contributed by atoms with Gasteiger partial charge in [0.1, 0.15) is 23.7 Å². The largest absolute Gasteiger partial charge is 0.496 e. The van der Waals surface area contributed by atoms with E-state index in [9.17, 15) is 5.11 Å². The van der Waals surface area contributed by atoms with Gasteiger partial charge in [-0.15, -0.1) is 0 Å². The summed E-state index contributed by atoms with van der Waals surface area (Å²) in [5.41, 5.74) is 2.25. The van der Waals surface area contributed by atoms with Crippen LogP contribution in [-0.2, 0) is 6.54 Å². The molecule has 1 aliphatic rings. The van der Waals surface area contributed by atoms with Crippen molar-refractivity contribution < 1.29 is 9.84 Å². The van der Waals surface area contributed by atoms with Crippen molar-refractivity contribution in [3.8, 4) is 5.75 Å². The molecule has 6 nitrogen and oxygen atoms in total. The second-order valence-electron chi connectivity index (χ2n) is 6.44. The molecular weight excluding hydrogens is 316 g/mol. The summed E-state index contributed by atoms with van der Waals surface area (Å²) in [6, 6.07) is 8.29. The molecule has 1 aromatic carbocycles. The Morgan fingerprint density at radius 1 is 1.28 bits per heavy atom. The Balaban J connectivity index is 1.69. The minimum Gasteiger partial charge on any atom is -0.496 e. The predicted octanol–water partition coefficient (Wildman–Crippen LogP) is 2.76. The van der Waals surface area contributed by atoms with Gasteiger partial charge in [-0.3, -0.25) is 0 Å². The van der Waals surface area contributed by atoms with Gasteiger partial charge in [0.2, 0.25) is 0 Å². The Bertz CT molecular complexity index is 708. The van der Waals surface area contributed by atoms with Gasteiger partial charge in [-0.25, -0.2) is 9.97 Å². The molecule has 6 heteroatoms. The molecule has 0 spiro atoms. The number of methoxy groups -OCH3 is 1. The molecule has 3 rings (SSSR count). The Morgan fingerprint density at radius 2 is 2.16 bits per heavy atom. The number of benzene rings is 1. The molecule has 0 bridgehead atoms. The lowest BCUT2D eigenvalue weighted by Gasteiger charge is -2.35. The number of aliphatic hydroxyl groups is 1. The van der Waals surface area contributed by atoms with Gasteiger partial charge >= 0.3 is 0 Å². The number of piperidine rings is 1. The average Bonchev–Trinajstić information content (AvgIpc) is 2.67. The molecule has 2 heterocycles. The van der Waals surface area contributed by atoms with Crippen LogP contribution in [0.3, 0.4) is 0 Å². The molecule has 2 aromatic rings. The van der Waals surface area contributed by atoms with Crippen molar-refractivity contribution in [2.45, 2.75) is 38.8 Å². The van der Waals surface area contributed by atoms with Gasteiger partial charge in [0.25, 0.3) is 0 Å². The van der Waals surface area contributed by atoms with Crippen LogP contribution in [-0.4, -0.2) is 41.4 Å². The molecule has 1 saturated heterocycles. The van der Waals surface area contributed by atoms with E-state index >= 15 is 0 Å². The molecule has 1 unspecified atom stereocenters. The van der Waals surface area contributed by atoms with Crippen LogP contribution in [0, 0.1) is 6.92 Å². The standard InChI is InChI=1S/C19H26N4O2/c1-14-6-7-15(9-17(14)25-2)11-20-18-10-19(22-13-21-18)23-8-4-3-5-16(23)12-24/h6-7,9-10,13,16,24H,3-5,8,11-12H2,1-2H3,(H,20,21,22). The molecule has 2 N–H and O–H groups in total. The molecule has 0 radical (unpaired) electrons. The molecule has 0 aliphatic carbocycles. The van der Waals surface area contributed by atoms with E-state index in [0.717, 1.165) is 54.3 Å². The zero-order valence-electron chi connectivity index (χ0n) is 14.9. The maximum Gasteiger partial charge on any atom is 0.134 e. The van der Waals surface area contributed by atoms with E-state index in [1.807, 2.05) is 19.1 Å². The summed E-state index contributed by atoms with van der Waals surface area (Å²) in [6.45, 7) is 3.78. The first-order valence-electron chi connectivity index (χ1n) is 8.78. The zero-order chi connectivity index (χ0) is 17.6. The normalized spacial score (nSPS) is 17.4. The van der Waals surface area contributed by atoms with Gasteiger partial charge in [-0.2, -0.15) is 0 Å². The number of ether oxygens (including phenoxy) is 1. The highest BCUT2D eigenvalue weighted by Gasteiger charge is 2.23. The van der Waals surface area contributed by atoms with Crippen molar-refractivity contribution in [1.29, 1.82) is 0 Å². The topological polar surface area (TPSA) is 70.5 Å². The monoisotopic (exact) mass is 342 g/mol. The number of rotatable bonds is 6. The van der Waals surface area contributed by atoms with Crippen LogP contribution in [0.4, 0.5) is 11.6 Å². The summed E-state index contributed by atoms with van der Waals surface area (Å²) in [4.78, 5) is 10.9. The van der Waals surface area contributed by atoms with Crippen molar-refractivity contribution in [1.82, 2.24) is 9.97 Å². The third kappa shape index (κ3) is 4.20. The van der Waals surface area contributed by atoms with E-state index in [1.165, 1.54) is 0 Å². The van der Waals surface area contributed by atoms with Gasteiger partial charge in [0.05, 0.1) is 19.8 Å². The number of aliphatic hydroxyl groups excluding tert-OH is 1. The number of hydrogen-bond donors (Lipinski definition) is 2. The van der Waals surface area contributed by atoms with E-state index in [4.69, 9.17) is 4.74 Å². The Hall–Kier alpha value is -2.34.